The van der Waals surface area contributed by atoms with Crippen molar-refractivity contribution in [2.24, 2.45) is 20.0 Å². The molecule has 114 valence electrons. The van der Waals surface area contributed by atoms with E-state index in [9.17, 15) is 14.7 Å². The first-order chi connectivity index (χ1) is 9.90. The van der Waals surface area contributed by atoms with Crippen molar-refractivity contribution in [3.05, 3.63) is 20.8 Å². The number of anilines is 1. The minimum atomic E-state index is -0.395. The monoisotopic (exact) mass is 293 g/mol. The first kappa shape index (κ1) is 13.9. The highest BCUT2D eigenvalue weighted by atomic mass is 16.3. The van der Waals surface area contributed by atoms with Crippen LogP contribution in [0.25, 0.3) is 11.2 Å². The summed E-state index contributed by atoms with van der Waals surface area (Å²) in [7, 11) is 3.04. The van der Waals surface area contributed by atoms with Gasteiger partial charge in [0.15, 0.2) is 11.2 Å². The highest BCUT2D eigenvalue weighted by Gasteiger charge is 2.28. The smallest absolute Gasteiger partial charge is 0.332 e. The minimum Gasteiger partial charge on any atom is -0.393 e. The van der Waals surface area contributed by atoms with Crippen LogP contribution in [0.4, 0.5) is 5.95 Å². The van der Waals surface area contributed by atoms with Crippen molar-refractivity contribution in [1.82, 2.24) is 19.1 Å². The van der Waals surface area contributed by atoms with Crippen LogP contribution in [0.1, 0.15) is 13.3 Å². The molecule has 0 bridgehead atoms. The van der Waals surface area contributed by atoms with Crippen molar-refractivity contribution in [2.45, 2.75) is 19.4 Å². The molecule has 0 amide bonds. The van der Waals surface area contributed by atoms with Crippen LogP contribution >= 0.6 is 0 Å². The van der Waals surface area contributed by atoms with E-state index in [1.54, 1.807) is 14.0 Å². The Morgan fingerprint density at radius 2 is 2.05 bits per heavy atom. The van der Waals surface area contributed by atoms with Gasteiger partial charge in [0.2, 0.25) is 5.95 Å². The van der Waals surface area contributed by atoms with Gasteiger partial charge < -0.3 is 15.0 Å². The summed E-state index contributed by atoms with van der Waals surface area (Å²) in [6.45, 7) is 3.24. The third-order valence-corrected chi connectivity index (χ3v) is 4.29. The van der Waals surface area contributed by atoms with E-state index >= 15 is 0 Å². The standard InChI is InChI=1S/C13H19N5O3/c1-7(19)8-4-5-18(6-8)12-14-9-10(15-12)16(2)13(21)17(3)11(9)20/h7-8,19H,4-6H2,1-3H3,(H,14,15). The van der Waals surface area contributed by atoms with Crippen molar-refractivity contribution in [2.75, 3.05) is 18.0 Å². The molecule has 8 nitrogen and oxygen atoms in total. The maximum atomic E-state index is 12.1. The average Bonchev–Trinajstić information content (AvgIpc) is 3.08. The van der Waals surface area contributed by atoms with Crippen molar-refractivity contribution in [3.63, 3.8) is 0 Å². The Kier molecular flexibility index (Phi) is 3.12. The van der Waals surface area contributed by atoms with Crippen molar-refractivity contribution >= 4 is 17.1 Å². The lowest BCUT2D eigenvalue weighted by Gasteiger charge is -2.16. The van der Waals surface area contributed by atoms with Gasteiger partial charge in [-0.25, -0.2) is 4.79 Å². The second-order valence-electron chi connectivity index (χ2n) is 5.70. The Morgan fingerprint density at radius 3 is 2.67 bits per heavy atom. The third kappa shape index (κ3) is 2.06. The fourth-order valence-electron chi connectivity index (χ4n) is 2.84. The fourth-order valence-corrected chi connectivity index (χ4v) is 2.84. The van der Waals surface area contributed by atoms with Gasteiger partial charge >= 0.3 is 5.69 Å². The van der Waals surface area contributed by atoms with E-state index in [0.717, 1.165) is 17.5 Å². The molecule has 2 aromatic rings. The highest BCUT2D eigenvalue weighted by Crippen LogP contribution is 2.24. The van der Waals surface area contributed by atoms with Gasteiger partial charge in [0.1, 0.15) is 0 Å². The molecule has 3 rings (SSSR count). The lowest BCUT2D eigenvalue weighted by Crippen LogP contribution is -2.36. The average molecular weight is 293 g/mol. The maximum absolute atomic E-state index is 12.1. The molecule has 0 aromatic carbocycles. The number of aliphatic hydroxyl groups is 1. The summed E-state index contributed by atoms with van der Waals surface area (Å²) >= 11 is 0. The number of nitrogens with one attached hydrogen (secondary N) is 1. The normalized spacial score (nSPS) is 20.4. The number of H-pyrrole nitrogens is 1. The van der Waals surface area contributed by atoms with Crippen molar-refractivity contribution < 1.29 is 5.11 Å². The molecule has 2 unspecified atom stereocenters. The van der Waals surface area contributed by atoms with Crippen LogP contribution in [0.2, 0.25) is 0 Å². The van der Waals surface area contributed by atoms with Crippen LogP contribution in [0.15, 0.2) is 9.59 Å². The zero-order valence-electron chi connectivity index (χ0n) is 12.3. The highest BCUT2D eigenvalue weighted by molar-refractivity contribution is 5.73. The summed E-state index contributed by atoms with van der Waals surface area (Å²) in [5.74, 6) is 0.774. The Balaban J connectivity index is 2.07. The second-order valence-corrected chi connectivity index (χ2v) is 5.70. The Labute approximate surface area is 120 Å². The van der Waals surface area contributed by atoms with E-state index < -0.39 is 5.69 Å². The number of aliphatic hydroxyl groups excluding tert-OH is 1. The molecule has 1 aliphatic rings. The van der Waals surface area contributed by atoms with E-state index in [4.69, 9.17) is 0 Å². The van der Waals surface area contributed by atoms with Crippen LogP contribution in [0, 0.1) is 5.92 Å². The summed E-state index contributed by atoms with van der Waals surface area (Å²) < 4.78 is 2.42. The SMILES string of the molecule is CC(O)C1CCN(c2nc3c([nH]2)c(=O)n(C)c(=O)n3C)C1. The van der Waals surface area contributed by atoms with E-state index in [1.165, 1.54) is 11.6 Å². The maximum Gasteiger partial charge on any atom is 0.332 e. The number of rotatable bonds is 2. The number of aromatic nitrogens is 4. The van der Waals surface area contributed by atoms with Crippen LogP contribution in [-0.2, 0) is 14.1 Å². The van der Waals surface area contributed by atoms with Crippen LogP contribution in [0.3, 0.4) is 0 Å². The van der Waals surface area contributed by atoms with Gasteiger partial charge in [-0.15, -0.1) is 0 Å². The van der Waals surface area contributed by atoms with Crippen LogP contribution < -0.4 is 16.1 Å². The summed E-state index contributed by atoms with van der Waals surface area (Å²) in [4.78, 5) is 33.4. The molecule has 21 heavy (non-hydrogen) atoms. The fraction of sp³-hybridized carbons (Fsp3) is 0.615. The van der Waals surface area contributed by atoms with Gasteiger partial charge in [-0.2, -0.15) is 4.98 Å². The Hall–Kier alpha value is -2.09. The molecule has 0 spiro atoms. The van der Waals surface area contributed by atoms with E-state index in [1.807, 2.05) is 4.90 Å². The predicted octanol–water partition coefficient (Wildman–Crippen LogP) is -0.833. The zero-order valence-corrected chi connectivity index (χ0v) is 12.3. The van der Waals surface area contributed by atoms with Gasteiger partial charge in [-0.3, -0.25) is 13.9 Å². The number of hydrogen-bond donors (Lipinski definition) is 2. The van der Waals surface area contributed by atoms with Crippen LogP contribution in [-0.4, -0.2) is 43.4 Å². The Morgan fingerprint density at radius 1 is 1.33 bits per heavy atom. The number of nitrogens with zero attached hydrogens (tertiary/aromatic N) is 4. The molecular weight excluding hydrogens is 274 g/mol. The summed E-state index contributed by atoms with van der Waals surface area (Å²) in [6.07, 6.45) is 0.516. The molecule has 2 atom stereocenters. The Bertz CT molecular complexity index is 800. The van der Waals surface area contributed by atoms with Gasteiger partial charge in [-0.1, -0.05) is 0 Å². The number of hydrogen-bond acceptors (Lipinski definition) is 5. The largest absolute Gasteiger partial charge is 0.393 e. The number of aryl methyl sites for hydroxylation is 1. The summed E-state index contributed by atoms with van der Waals surface area (Å²) in [5.41, 5.74) is -0.0827. The van der Waals surface area contributed by atoms with Gasteiger partial charge in [0.05, 0.1) is 6.10 Å². The van der Waals surface area contributed by atoms with E-state index in [0.29, 0.717) is 23.7 Å². The zero-order chi connectivity index (χ0) is 15.3. The number of fused-ring (bicyclic) bond motifs is 1. The molecule has 1 aliphatic heterocycles. The van der Waals surface area contributed by atoms with E-state index in [-0.39, 0.29) is 17.6 Å². The lowest BCUT2D eigenvalue weighted by molar-refractivity contribution is 0.136. The first-order valence-electron chi connectivity index (χ1n) is 6.99. The molecule has 0 aliphatic carbocycles. The third-order valence-electron chi connectivity index (χ3n) is 4.29. The lowest BCUT2D eigenvalue weighted by atomic mass is 10.0. The first-order valence-corrected chi connectivity index (χ1v) is 6.99. The van der Waals surface area contributed by atoms with E-state index in [2.05, 4.69) is 9.97 Å². The predicted molar refractivity (Wildman–Crippen MR) is 78.6 cm³/mol. The summed E-state index contributed by atoms with van der Waals surface area (Å²) in [5, 5.41) is 9.66. The molecule has 1 saturated heterocycles. The molecule has 8 heteroatoms. The van der Waals surface area contributed by atoms with Crippen molar-refractivity contribution in [1.29, 1.82) is 0 Å². The van der Waals surface area contributed by atoms with Crippen LogP contribution in [0.5, 0.6) is 0 Å². The number of aromatic amines is 1. The molecule has 0 radical (unpaired) electrons. The minimum absolute atomic E-state index is 0.199. The molecule has 1 fully saturated rings. The van der Waals surface area contributed by atoms with Gasteiger partial charge in [-0.05, 0) is 13.3 Å². The molecule has 3 heterocycles. The van der Waals surface area contributed by atoms with Gasteiger partial charge in [0.25, 0.3) is 5.56 Å². The van der Waals surface area contributed by atoms with Gasteiger partial charge in [0, 0.05) is 33.1 Å². The topological polar surface area (TPSA) is 96.2 Å². The molecule has 2 aromatic heterocycles. The molecular formula is C13H19N5O3. The molecule has 0 saturated carbocycles. The van der Waals surface area contributed by atoms with Crippen molar-refractivity contribution in [3.8, 4) is 0 Å². The quantitative estimate of drug-likeness (QED) is 0.753. The molecule has 2 N–H and O–H groups in total. The number of imidazole rings is 1. The second kappa shape index (κ2) is 4.73. The summed E-state index contributed by atoms with van der Waals surface area (Å²) in [6, 6.07) is 0.